The average molecular weight is 340 g/mol. The van der Waals surface area contributed by atoms with Gasteiger partial charge in [-0.05, 0) is 67.0 Å². The van der Waals surface area contributed by atoms with Crippen molar-refractivity contribution in [1.29, 1.82) is 0 Å². The summed E-state index contributed by atoms with van der Waals surface area (Å²) in [6, 6.07) is 14.7. The van der Waals surface area contributed by atoms with Crippen molar-refractivity contribution in [3.05, 3.63) is 70.3 Å². The Morgan fingerprint density at radius 3 is 2.71 bits per heavy atom. The van der Waals surface area contributed by atoms with Crippen molar-refractivity contribution in [2.75, 3.05) is 12.3 Å². The largest absolute Gasteiger partial charge is 0.351 e. The molecule has 3 heteroatoms. The highest BCUT2D eigenvalue weighted by molar-refractivity contribution is 7.98. The van der Waals surface area contributed by atoms with Crippen LogP contribution in [-0.4, -0.2) is 18.2 Å². The lowest BCUT2D eigenvalue weighted by atomic mass is 9.90. The fraction of sp³-hybridized carbons (Fsp3) is 0.381. The number of nitrogens with one attached hydrogen (secondary N) is 1. The molecule has 1 amide bonds. The molecule has 0 spiro atoms. The topological polar surface area (TPSA) is 29.1 Å². The van der Waals surface area contributed by atoms with E-state index in [-0.39, 0.29) is 5.91 Å². The lowest BCUT2D eigenvalue weighted by Crippen LogP contribution is -2.26. The first kappa shape index (κ1) is 17.1. The molecule has 126 valence electrons. The monoisotopic (exact) mass is 339 g/mol. The second kappa shape index (κ2) is 8.39. The lowest BCUT2D eigenvalue weighted by molar-refractivity contribution is 0.0956. The fourth-order valence-electron chi connectivity index (χ4n) is 3.17. The molecule has 3 rings (SSSR count). The fourth-order valence-corrected chi connectivity index (χ4v) is 4.10. The normalized spacial score (nSPS) is 13.4. The van der Waals surface area contributed by atoms with E-state index in [0.717, 1.165) is 29.9 Å². The maximum atomic E-state index is 12.3. The van der Waals surface area contributed by atoms with Crippen LogP contribution in [0, 0.1) is 6.92 Å². The number of carbonyl (C=O) groups is 1. The van der Waals surface area contributed by atoms with Crippen LogP contribution in [0.1, 0.15) is 45.5 Å². The predicted octanol–water partition coefficient (Wildman–Crippen LogP) is 4.54. The minimum atomic E-state index is 0.0554. The number of thioether (sulfide) groups is 1. The van der Waals surface area contributed by atoms with Crippen LogP contribution in [0.2, 0.25) is 0 Å². The Morgan fingerprint density at radius 2 is 1.88 bits per heavy atom. The summed E-state index contributed by atoms with van der Waals surface area (Å²) in [7, 11) is 0. The minimum Gasteiger partial charge on any atom is -0.351 e. The molecule has 1 N–H and O–H groups in total. The smallest absolute Gasteiger partial charge is 0.251 e. The van der Waals surface area contributed by atoms with E-state index in [1.165, 1.54) is 35.1 Å². The van der Waals surface area contributed by atoms with Crippen LogP contribution < -0.4 is 5.32 Å². The molecule has 0 saturated heterocycles. The first-order chi connectivity index (χ1) is 11.7. The summed E-state index contributed by atoms with van der Waals surface area (Å²) in [6.07, 6.45) is 4.79. The summed E-state index contributed by atoms with van der Waals surface area (Å²) in [5.74, 6) is 1.99. The van der Waals surface area contributed by atoms with Crippen LogP contribution >= 0.6 is 11.8 Å². The zero-order valence-electron chi connectivity index (χ0n) is 14.3. The van der Waals surface area contributed by atoms with E-state index in [4.69, 9.17) is 0 Å². The number of amides is 1. The molecule has 0 bridgehead atoms. The number of hydrogen-bond donors (Lipinski definition) is 1. The SMILES string of the molecule is Cc1ccccc1CSCCNC(=O)c1ccc2c(c1)CCCC2. The third-order valence-electron chi connectivity index (χ3n) is 4.66. The molecule has 1 aliphatic carbocycles. The minimum absolute atomic E-state index is 0.0554. The third kappa shape index (κ3) is 4.41. The van der Waals surface area contributed by atoms with E-state index in [1.54, 1.807) is 0 Å². The van der Waals surface area contributed by atoms with Gasteiger partial charge >= 0.3 is 0 Å². The average Bonchev–Trinajstić information content (AvgIpc) is 2.62. The van der Waals surface area contributed by atoms with Gasteiger partial charge in [0.05, 0.1) is 0 Å². The van der Waals surface area contributed by atoms with Crippen molar-refractivity contribution in [3.8, 4) is 0 Å². The summed E-state index contributed by atoms with van der Waals surface area (Å²) in [5.41, 5.74) is 6.31. The molecule has 2 nitrogen and oxygen atoms in total. The van der Waals surface area contributed by atoms with Gasteiger partial charge in [0.2, 0.25) is 0 Å². The molecule has 0 radical (unpaired) electrons. The van der Waals surface area contributed by atoms with Gasteiger partial charge in [-0.25, -0.2) is 0 Å². The third-order valence-corrected chi connectivity index (χ3v) is 5.67. The van der Waals surface area contributed by atoms with Gasteiger partial charge < -0.3 is 5.32 Å². The molecule has 24 heavy (non-hydrogen) atoms. The lowest BCUT2D eigenvalue weighted by Gasteiger charge is -2.16. The van der Waals surface area contributed by atoms with Crippen molar-refractivity contribution in [3.63, 3.8) is 0 Å². The van der Waals surface area contributed by atoms with E-state index in [0.29, 0.717) is 6.54 Å². The Morgan fingerprint density at radius 1 is 1.08 bits per heavy atom. The van der Waals surface area contributed by atoms with Crippen molar-refractivity contribution in [1.82, 2.24) is 5.32 Å². The standard InChI is InChI=1S/C21H25NOS/c1-16-6-2-3-9-20(16)15-24-13-12-22-21(23)19-11-10-17-7-4-5-8-18(17)14-19/h2-3,6,9-11,14H,4-5,7-8,12-13,15H2,1H3,(H,22,23). The molecule has 0 aromatic heterocycles. The quantitative estimate of drug-likeness (QED) is 0.783. The number of hydrogen-bond acceptors (Lipinski definition) is 2. The van der Waals surface area contributed by atoms with Crippen molar-refractivity contribution in [2.24, 2.45) is 0 Å². The Balaban J connectivity index is 1.43. The molecular formula is C21H25NOS. The summed E-state index contributed by atoms with van der Waals surface area (Å²) in [5, 5.41) is 3.05. The Labute approximate surface area is 149 Å². The zero-order chi connectivity index (χ0) is 16.8. The Kier molecular flexibility index (Phi) is 5.97. The highest BCUT2D eigenvalue weighted by Gasteiger charge is 2.12. The van der Waals surface area contributed by atoms with Crippen LogP contribution in [0.25, 0.3) is 0 Å². The van der Waals surface area contributed by atoms with E-state index in [1.807, 2.05) is 17.8 Å². The number of rotatable bonds is 6. The molecular weight excluding hydrogens is 314 g/mol. The Bertz CT molecular complexity index is 711. The summed E-state index contributed by atoms with van der Waals surface area (Å²) in [4.78, 5) is 12.3. The molecule has 2 aromatic rings. The molecule has 0 heterocycles. The Hall–Kier alpha value is -1.74. The van der Waals surface area contributed by atoms with E-state index >= 15 is 0 Å². The highest BCUT2D eigenvalue weighted by atomic mass is 32.2. The van der Waals surface area contributed by atoms with Gasteiger partial charge in [-0.3, -0.25) is 4.79 Å². The van der Waals surface area contributed by atoms with E-state index < -0.39 is 0 Å². The number of benzene rings is 2. The van der Waals surface area contributed by atoms with Crippen LogP contribution in [0.3, 0.4) is 0 Å². The van der Waals surface area contributed by atoms with E-state index in [2.05, 4.69) is 48.6 Å². The molecule has 1 aliphatic rings. The first-order valence-corrected chi connectivity index (χ1v) is 9.92. The van der Waals surface area contributed by atoms with Gasteiger partial charge in [0, 0.05) is 23.6 Å². The van der Waals surface area contributed by atoms with Gasteiger partial charge in [0.25, 0.3) is 5.91 Å². The van der Waals surface area contributed by atoms with Crippen LogP contribution in [0.4, 0.5) is 0 Å². The van der Waals surface area contributed by atoms with Crippen molar-refractivity contribution < 1.29 is 4.79 Å². The molecule has 0 fully saturated rings. The first-order valence-electron chi connectivity index (χ1n) is 8.76. The zero-order valence-corrected chi connectivity index (χ0v) is 15.1. The van der Waals surface area contributed by atoms with Gasteiger partial charge in [-0.1, -0.05) is 30.3 Å². The summed E-state index contributed by atoms with van der Waals surface area (Å²) in [6.45, 7) is 2.86. The van der Waals surface area contributed by atoms with Gasteiger partial charge in [-0.2, -0.15) is 11.8 Å². The number of fused-ring (bicyclic) bond motifs is 1. The van der Waals surface area contributed by atoms with Gasteiger partial charge in [-0.15, -0.1) is 0 Å². The van der Waals surface area contributed by atoms with Crippen LogP contribution in [-0.2, 0) is 18.6 Å². The number of aryl methyl sites for hydroxylation is 3. The predicted molar refractivity (Wildman–Crippen MR) is 103 cm³/mol. The second-order valence-corrected chi connectivity index (χ2v) is 7.53. The van der Waals surface area contributed by atoms with Gasteiger partial charge in [0.1, 0.15) is 0 Å². The van der Waals surface area contributed by atoms with Gasteiger partial charge in [0.15, 0.2) is 0 Å². The summed E-state index contributed by atoms with van der Waals surface area (Å²) >= 11 is 1.87. The molecule has 2 aromatic carbocycles. The highest BCUT2D eigenvalue weighted by Crippen LogP contribution is 2.22. The maximum Gasteiger partial charge on any atom is 0.251 e. The second-order valence-electron chi connectivity index (χ2n) is 6.43. The van der Waals surface area contributed by atoms with Crippen molar-refractivity contribution in [2.45, 2.75) is 38.4 Å². The molecule has 0 saturated carbocycles. The van der Waals surface area contributed by atoms with Crippen LogP contribution in [0.5, 0.6) is 0 Å². The maximum absolute atomic E-state index is 12.3. The van der Waals surface area contributed by atoms with E-state index in [9.17, 15) is 4.79 Å². The number of carbonyl (C=O) groups excluding carboxylic acids is 1. The molecule has 0 aliphatic heterocycles. The molecule has 0 atom stereocenters. The summed E-state index contributed by atoms with van der Waals surface area (Å²) < 4.78 is 0. The molecule has 0 unspecified atom stereocenters. The van der Waals surface area contributed by atoms with Crippen molar-refractivity contribution >= 4 is 17.7 Å². The van der Waals surface area contributed by atoms with Crippen LogP contribution in [0.15, 0.2) is 42.5 Å².